The number of rotatable bonds is 8. The Hall–Kier alpha value is -0.940. The third-order valence-electron chi connectivity index (χ3n) is 4.16. The smallest absolute Gasteiger partial charge is 0.479 e. The largest absolute Gasteiger partial charge is 0.856 e. The SMILES string of the molecule is CC(O)(P(=O)(O)OP(=O)(O)OC[C@H]1O[C@@H](n2cc(F)c([O-])nc2=O)[C@H](O)[C@@H]1O)[P+]([O-])([O-])[O-]. The fraction of sp³-hybridized carbons (Fsp3) is 0.636. The van der Waals surface area contributed by atoms with Gasteiger partial charge < -0.3 is 49.6 Å². The van der Waals surface area contributed by atoms with Gasteiger partial charge in [0.2, 0.25) is 0 Å². The Bertz CT molecular complexity index is 1010. The van der Waals surface area contributed by atoms with Gasteiger partial charge in [-0.2, -0.15) is 0 Å². The number of aliphatic hydroxyl groups excluding tert-OH is 2. The highest BCUT2D eigenvalue weighted by molar-refractivity contribution is 7.76. The van der Waals surface area contributed by atoms with Crippen LogP contribution in [-0.2, 0) is 22.7 Å². The van der Waals surface area contributed by atoms with Crippen LogP contribution < -0.4 is 25.5 Å². The van der Waals surface area contributed by atoms with Crippen LogP contribution in [0.4, 0.5) is 4.39 Å². The van der Waals surface area contributed by atoms with Gasteiger partial charge >= 0.3 is 21.1 Å². The Morgan fingerprint density at radius 2 is 1.88 bits per heavy atom. The van der Waals surface area contributed by atoms with Crippen molar-refractivity contribution in [3.8, 4) is 5.88 Å². The minimum absolute atomic E-state index is 0.0391. The van der Waals surface area contributed by atoms with Crippen molar-refractivity contribution in [3.63, 3.8) is 0 Å². The Balaban J connectivity index is 2.14. The molecule has 3 unspecified atom stereocenters. The van der Waals surface area contributed by atoms with Crippen molar-refractivity contribution in [2.45, 2.75) is 36.5 Å². The van der Waals surface area contributed by atoms with Crippen molar-refractivity contribution in [1.29, 1.82) is 0 Å². The Labute approximate surface area is 177 Å². The molecule has 1 saturated heterocycles. The van der Waals surface area contributed by atoms with E-state index in [0.29, 0.717) is 10.8 Å². The highest BCUT2D eigenvalue weighted by Gasteiger charge is 2.55. The van der Waals surface area contributed by atoms with Crippen LogP contribution in [0.25, 0.3) is 0 Å². The maximum Gasteiger partial charge on any atom is 0.479 e. The zero-order valence-corrected chi connectivity index (χ0v) is 18.2. The molecule has 7 atom stereocenters. The van der Waals surface area contributed by atoms with E-state index in [9.17, 15) is 63.2 Å². The lowest BCUT2D eigenvalue weighted by Crippen LogP contribution is -2.48. The summed E-state index contributed by atoms with van der Waals surface area (Å²) in [5.74, 6) is -3.02. The average molecular weight is 527 g/mol. The molecule has 1 fully saturated rings. The molecular formula is C11H15FN2O15P3-3. The summed E-state index contributed by atoms with van der Waals surface area (Å²) in [6.45, 7) is -1.18. The first-order valence-corrected chi connectivity index (χ1v) is 12.7. The normalized spacial score (nSPS) is 29.8. The summed E-state index contributed by atoms with van der Waals surface area (Å²) in [6, 6.07) is 0. The number of halogens is 1. The molecule has 0 spiro atoms. The molecule has 17 nitrogen and oxygen atoms in total. The number of aliphatic hydroxyl groups is 3. The molecule has 0 aliphatic carbocycles. The minimum atomic E-state index is -6.25. The molecule has 32 heavy (non-hydrogen) atoms. The number of hydrogen-bond donors (Lipinski definition) is 5. The van der Waals surface area contributed by atoms with Gasteiger partial charge in [0, 0.05) is 19.0 Å². The van der Waals surface area contributed by atoms with Crippen LogP contribution in [0.1, 0.15) is 13.2 Å². The van der Waals surface area contributed by atoms with Gasteiger partial charge in [0.15, 0.2) is 12.0 Å². The second-order valence-corrected chi connectivity index (χ2v) is 12.4. The van der Waals surface area contributed by atoms with Crippen LogP contribution in [0.15, 0.2) is 11.0 Å². The summed E-state index contributed by atoms with van der Waals surface area (Å²) < 4.78 is 50.4. The van der Waals surface area contributed by atoms with Crippen LogP contribution in [0.3, 0.4) is 0 Å². The summed E-state index contributed by atoms with van der Waals surface area (Å²) in [5.41, 5.74) is -1.38. The number of ether oxygens (including phenoxy) is 1. The van der Waals surface area contributed by atoms with E-state index in [1.807, 2.05) is 0 Å². The topological polar surface area (TPSA) is 290 Å². The van der Waals surface area contributed by atoms with Gasteiger partial charge in [-0.1, -0.05) is 0 Å². The molecule has 5 N–H and O–H groups in total. The quantitative estimate of drug-likeness (QED) is 0.198. The lowest BCUT2D eigenvalue weighted by Gasteiger charge is -2.51. The molecule has 2 rings (SSSR count). The molecule has 184 valence electrons. The first kappa shape index (κ1) is 27.3. The average Bonchev–Trinajstić information content (AvgIpc) is 2.89. The van der Waals surface area contributed by atoms with Crippen molar-refractivity contribution in [2.75, 3.05) is 6.61 Å². The van der Waals surface area contributed by atoms with E-state index in [2.05, 4.69) is 13.8 Å². The van der Waals surface area contributed by atoms with E-state index in [-0.39, 0.29) is 6.92 Å². The number of hydrogen-bond acceptors (Lipinski definition) is 14. The van der Waals surface area contributed by atoms with E-state index < -0.39 is 77.0 Å². The molecule has 0 radical (unpaired) electrons. The molecular weight excluding hydrogens is 512 g/mol. The highest BCUT2D eigenvalue weighted by Crippen LogP contribution is 2.73. The Kier molecular flexibility index (Phi) is 7.69. The predicted octanol–water partition coefficient (Wildman–Crippen LogP) is -5.10. The van der Waals surface area contributed by atoms with E-state index in [4.69, 9.17) is 4.74 Å². The zero-order chi connectivity index (χ0) is 24.9. The van der Waals surface area contributed by atoms with E-state index in [0.717, 1.165) is 0 Å². The lowest BCUT2D eigenvalue weighted by molar-refractivity contribution is -0.438. The highest BCUT2D eigenvalue weighted by atomic mass is 31.3. The third kappa shape index (κ3) is 5.41. The van der Waals surface area contributed by atoms with Crippen LogP contribution in [0.2, 0.25) is 0 Å². The van der Waals surface area contributed by atoms with Gasteiger partial charge in [0.1, 0.15) is 18.3 Å². The zero-order valence-electron chi connectivity index (χ0n) is 15.5. The van der Waals surface area contributed by atoms with Crippen LogP contribution in [-0.4, -0.2) is 64.7 Å². The van der Waals surface area contributed by atoms with Gasteiger partial charge in [-0.25, -0.2) is 23.0 Å². The molecule has 1 aliphatic rings. The van der Waals surface area contributed by atoms with E-state index in [1.54, 1.807) is 0 Å². The second-order valence-electron chi connectivity index (χ2n) is 6.46. The molecule has 1 aromatic heterocycles. The fourth-order valence-corrected chi connectivity index (χ4v) is 6.10. The summed E-state index contributed by atoms with van der Waals surface area (Å²) in [4.78, 5) is 66.2. The summed E-state index contributed by atoms with van der Waals surface area (Å²) in [7, 11) is -18.0. The summed E-state index contributed by atoms with van der Waals surface area (Å²) in [6.07, 6.45) is -7.28. The van der Waals surface area contributed by atoms with Gasteiger partial charge in [0.05, 0.1) is 6.61 Å². The van der Waals surface area contributed by atoms with Crippen LogP contribution in [0, 0.1) is 5.82 Å². The maximum absolute atomic E-state index is 13.4. The van der Waals surface area contributed by atoms with Crippen LogP contribution >= 0.6 is 23.4 Å². The predicted molar refractivity (Wildman–Crippen MR) is 88.1 cm³/mol. The Morgan fingerprint density at radius 3 is 2.41 bits per heavy atom. The molecule has 0 amide bonds. The molecule has 1 aromatic rings. The van der Waals surface area contributed by atoms with Gasteiger partial charge in [-0.3, -0.25) is 13.7 Å². The standard InChI is InChI=1S/C11H18FN2O15P3/c1-11(19,30(20,21)22)31(23,24)29-32(25,26)27-3-5-6(15)7(16)9(28-5)14-2-4(12)8(17)13-10(14)18/h2,5-7,9,15-16,19H,3H2,1H3,(H,23,24)(H,25,26)(H,13,17,18)(H2,20,21,22)/p-3/t5-,6-,7-,9-,11?/m1/s1. The maximum atomic E-state index is 13.4. The van der Waals surface area contributed by atoms with Crippen molar-refractivity contribution >= 4 is 23.4 Å². The van der Waals surface area contributed by atoms with Crippen molar-refractivity contribution in [3.05, 3.63) is 22.5 Å². The van der Waals surface area contributed by atoms with E-state index in [1.165, 1.54) is 0 Å². The minimum Gasteiger partial charge on any atom is -0.856 e. The number of nitrogens with zero attached hydrogens (tertiary/aromatic N) is 2. The molecule has 2 heterocycles. The molecule has 0 aromatic carbocycles. The van der Waals surface area contributed by atoms with Crippen molar-refractivity contribution < 1.29 is 72.0 Å². The summed E-state index contributed by atoms with van der Waals surface area (Å²) in [5, 5.41) is 36.3. The van der Waals surface area contributed by atoms with Crippen LogP contribution in [0.5, 0.6) is 5.88 Å². The first-order valence-electron chi connectivity index (χ1n) is 8.04. The van der Waals surface area contributed by atoms with Gasteiger partial charge in [0.25, 0.3) is 5.08 Å². The second kappa shape index (κ2) is 9.02. The third-order valence-corrected chi connectivity index (χ3v) is 9.94. The number of phosphoric ester groups is 1. The van der Waals surface area contributed by atoms with Crippen molar-refractivity contribution in [1.82, 2.24) is 9.55 Å². The van der Waals surface area contributed by atoms with Gasteiger partial charge in [-0.15, -0.1) is 7.94 Å². The number of aromatic nitrogens is 2. The Morgan fingerprint density at radius 1 is 1.31 bits per heavy atom. The summed E-state index contributed by atoms with van der Waals surface area (Å²) >= 11 is 0. The monoisotopic (exact) mass is 527 g/mol. The molecule has 21 heteroatoms. The van der Waals surface area contributed by atoms with Gasteiger partial charge in [-0.05, 0) is 0 Å². The lowest BCUT2D eigenvalue weighted by atomic mass is 10.1. The molecule has 0 saturated carbocycles. The molecule has 0 bridgehead atoms. The van der Waals surface area contributed by atoms with Crippen molar-refractivity contribution in [2.24, 2.45) is 0 Å². The first-order chi connectivity index (χ1) is 14.3. The van der Waals surface area contributed by atoms with E-state index >= 15 is 0 Å². The fourth-order valence-electron chi connectivity index (χ4n) is 2.27. The number of phosphoric acid groups is 1. The molecule has 1 aliphatic heterocycles.